The number of sulfonamides is 1. The minimum Gasteiger partial charge on any atom is -0.356 e. The summed E-state index contributed by atoms with van der Waals surface area (Å²) < 4.78 is 27.9. The minimum atomic E-state index is -3.68. The van der Waals surface area contributed by atoms with Gasteiger partial charge >= 0.3 is 0 Å². The average molecular weight is 447 g/mol. The summed E-state index contributed by atoms with van der Waals surface area (Å²) in [5.41, 5.74) is 1.99. The normalized spacial score (nSPS) is 14.4. The number of nitrogens with zero attached hydrogens (tertiary/aromatic N) is 3. The number of aromatic nitrogens is 2. The van der Waals surface area contributed by atoms with Crippen molar-refractivity contribution in [3.05, 3.63) is 35.5 Å². The van der Waals surface area contributed by atoms with Gasteiger partial charge in [-0.3, -0.25) is 4.79 Å². The number of hydrogen-bond donors (Lipinski definition) is 3. The molecule has 0 atom stereocenters. The van der Waals surface area contributed by atoms with Gasteiger partial charge in [0.25, 0.3) is 0 Å². The average Bonchev–Trinajstić information content (AvgIpc) is 2.71. The van der Waals surface area contributed by atoms with E-state index in [1.807, 2.05) is 13.0 Å². The number of nitrogens with one attached hydrogen (secondary N) is 3. The zero-order chi connectivity index (χ0) is 22.4. The van der Waals surface area contributed by atoms with E-state index in [0.717, 1.165) is 24.6 Å². The second kappa shape index (κ2) is 10.1. The van der Waals surface area contributed by atoms with Crippen LogP contribution in [0.3, 0.4) is 0 Å². The molecule has 1 aliphatic heterocycles. The van der Waals surface area contributed by atoms with Crippen molar-refractivity contribution in [3.63, 3.8) is 0 Å². The molecule has 2 heterocycles. The standard InChI is InChI=1S/C21H30N6O3S/c1-15-13-18(25-17(3)28)7-8-19(15)31(29,30)23-10-9-22-21-24-16(2)14-20(26-21)27-11-5-4-6-12-27/h7-8,13-14,23H,4-6,9-12H2,1-3H3,(H,25,28)(H,22,24,26). The third-order valence-corrected chi connectivity index (χ3v) is 6.63. The molecule has 3 N–H and O–H groups in total. The topological polar surface area (TPSA) is 116 Å². The lowest BCUT2D eigenvalue weighted by molar-refractivity contribution is -0.114. The van der Waals surface area contributed by atoms with Gasteiger partial charge in [0.2, 0.25) is 21.9 Å². The van der Waals surface area contributed by atoms with Crippen LogP contribution in [0, 0.1) is 13.8 Å². The highest BCUT2D eigenvalue weighted by Gasteiger charge is 2.17. The molecule has 31 heavy (non-hydrogen) atoms. The van der Waals surface area contributed by atoms with Gasteiger partial charge < -0.3 is 15.5 Å². The maximum atomic E-state index is 12.6. The Balaban J connectivity index is 1.57. The first-order valence-corrected chi connectivity index (χ1v) is 12.0. The monoisotopic (exact) mass is 446 g/mol. The molecule has 1 aromatic heterocycles. The van der Waals surface area contributed by atoms with Gasteiger partial charge in [-0.15, -0.1) is 0 Å². The van der Waals surface area contributed by atoms with Gasteiger partial charge in [0.15, 0.2) is 0 Å². The molecule has 0 saturated carbocycles. The third kappa shape index (κ3) is 6.38. The molecular formula is C21H30N6O3S. The van der Waals surface area contributed by atoms with Crippen LogP contribution in [-0.2, 0) is 14.8 Å². The van der Waals surface area contributed by atoms with Crippen molar-refractivity contribution in [2.24, 2.45) is 0 Å². The number of rotatable bonds is 8. The number of aryl methyl sites for hydroxylation is 2. The van der Waals surface area contributed by atoms with Gasteiger partial charge in [-0.1, -0.05) is 0 Å². The highest BCUT2D eigenvalue weighted by Crippen LogP contribution is 2.21. The summed E-state index contributed by atoms with van der Waals surface area (Å²) in [5.74, 6) is 1.20. The second-order valence-electron chi connectivity index (χ2n) is 7.72. The van der Waals surface area contributed by atoms with E-state index in [4.69, 9.17) is 0 Å². The lowest BCUT2D eigenvalue weighted by atomic mass is 10.1. The van der Waals surface area contributed by atoms with Crippen LogP contribution in [0.1, 0.15) is 37.4 Å². The predicted molar refractivity (Wildman–Crippen MR) is 122 cm³/mol. The van der Waals surface area contributed by atoms with Gasteiger partial charge in [-0.05, 0) is 56.9 Å². The van der Waals surface area contributed by atoms with Crippen molar-refractivity contribution >= 4 is 33.4 Å². The van der Waals surface area contributed by atoms with Crippen molar-refractivity contribution < 1.29 is 13.2 Å². The smallest absolute Gasteiger partial charge is 0.240 e. The van der Waals surface area contributed by atoms with Crippen LogP contribution in [-0.4, -0.2) is 50.5 Å². The fourth-order valence-electron chi connectivity index (χ4n) is 3.59. The second-order valence-corrected chi connectivity index (χ2v) is 9.46. The number of benzene rings is 1. The summed E-state index contributed by atoms with van der Waals surface area (Å²) in [4.78, 5) is 22.6. The van der Waals surface area contributed by atoms with E-state index >= 15 is 0 Å². The maximum Gasteiger partial charge on any atom is 0.240 e. The summed E-state index contributed by atoms with van der Waals surface area (Å²) in [6, 6.07) is 6.68. The number of piperidine rings is 1. The van der Waals surface area contributed by atoms with E-state index in [1.54, 1.807) is 19.1 Å². The van der Waals surface area contributed by atoms with Crippen molar-refractivity contribution in [1.82, 2.24) is 14.7 Å². The van der Waals surface area contributed by atoms with Gasteiger partial charge in [-0.2, -0.15) is 4.98 Å². The van der Waals surface area contributed by atoms with Gasteiger partial charge in [-0.25, -0.2) is 18.1 Å². The predicted octanol–water partition coefficient (Wildman–Crippen LogP) is 2.43. The molecule has 1 amide bonds. The van der Waals surface area contributed by atoms with E-state index in [9.17, 15) is 13.2 Å². The third-order valence-electron chi connectivity index (χ3n) is 5.01. The van der Waals surface area contributed by atoms with Crippen molar-refractivity contribution in [2.45, 2.75) is 44.9 Å². The Morgan fingerprint density at radius 3 is 2.48 bits per heavy atom. The van der Waals surface area contributed by atoms with Crippen LogP contribution in [0.4, 0.5) is 17.5 Å². The lowest BCUT2D eigenvalue weighted by Crippen LogP contribution is -2.31. The van der Waals surface area contributed by atoms with Crippen LogP contribution >= 0.6 is 0 Å². The largest absolute Gasteiger partial charge is 0.356 e. The molecule has 0 unspecified atom stereocenters. The van der Waals surface area contributed by atoms with E-state index in [0.29, 0.717) is 23.7 Å². The summed E-state index contributed by atoms with van der Waals surface area (Å²) in [7, 11) is -3.68. The summed E-state index contributed by atoms with van der Waals surface area (Å²) in [5, 5.41) is 5.76. The van der Waals surface area contributed by atoms with E-state index in [-0.39, 0.29) is 17.3 Å². The molecule has 1 fully saturated rings. The quantitative estimate of drug-likeness (QED) is 0.533. The number of carbonyl (C=O) groups excluding carboxylic acids is 1. The minimum absolute atomic E-state index is 0.181. The van der Waals surface area contributed by atoms with Crippen LogP contribution in [0.2, 0.25) is 0 Å². The Kier molecular flexibility index (Phi) is 7.45. The van der Waals surface area contributed by atoms with Gasteiger partial charge in [0, 0.05) is 50.6 Å². The molecule has 10 heteroatoms. The molecule has 168 valence electrons. The van der Waals surface area contributed by atoms with Gasteiger partial charge in [0.05, 0.1) is 4.90 Å². The molecule has 0 bridgehead atoms. The molecule has 0 radical (unpaired) electrons. The SMILES string of the molecule is CC(=O)Nc1ccc(S(=O)(=O)NCCNc2nc(C)cc(N3CCCCC3)n2)c(C)c1. The summed E-state index contributed by atoms with van der Waals surface area (Å²) in [6.07, 6.45) is 3.58. The molecular weight excluding hydrogens is 416 g/mol. The number of amides is 1. The Labute approximate surface area is 183 Å². The van der Waals surface area contributed by atoms with Crippen LogP contribution < -0.4 is 20.3 Å². The first-order valence-electron chi connectivity index (χ1n) is 10.5. The molecule has 0 spiro atoms. The Bertz CT molecular complexity index is 1040. The number of hydrogen-bond acceptors (Lipinski definition) is 7. The number of anilines is 3. The van der Waals surface area contributed by atoms with Crippen molar-refractivity contribution in [1.29, 1.82) is 0 Å². The highest BCUT2D eigenvalue weighted by molar-refractivity contribution is 7.89. The lowest BCUT2D eigenvalue weighted by Gasteiger charge is -2.28. The zero-order valence-corrected chi connectivity index (χ0v) is 19.1. The maximum absolute atomic E-state index is 12.6. The Morgan fingerprint density at radius 2 is 1.81 bits per heavy atom. The van der Waals surface area contributed by atoms with Crippen molar-refractivity contribution in [3.8, 4) is 0 Å². The first kappa shape index (κ1) is 23.0. The van der Waals surface area contributed by atoms with E-state index < -0.39 is 10.0 Å². The Hall–Kier alpha value is -2.72. The molecule has 0 aliphatic carbocycles. The van der Waals surface area contributed by atoms with E-state index in [2.05, 4.69) is 30.2 Å². The molecule has 9 nitrogen and oxygen atoms in total. The summed E-state index contributed by atoms with van der Waals surface area (Å²) in [6.45, 7) is 7.56. The van der Waals surface area contributed by atoms with Gasteiger partial charge in [0.1, 0.15) is 5.82 Å². The molecule has 2 aromatic rings. The molecule has 3 rings (SSSR count). The molecule has 1 saturated heterocycles. The fraction of sp³-hybridized carbons (Fsp3) is 0.476. The highest BCUT2D eigenvalue weighted by atomic mass is 32.2. The molecule has 1 aliphatic rings. The van der Waals surface area contributed by atoms with Crippen LogP contribution in [0.15, 0.2) is 29.2 Å². The summed E-state index contributed by atoms with van der Waals surface area (Å²) >= 11 is 0. The van der Waals surface area contributed by atoms with Crippen LogP contribution in [0.5, 0.6) is 0 Å². The van der Waals surface area contributed by atoms with Crippen LogP contribution in [0.25, 0.3) is 0 Å². The first-order chi connectivity index (χ1) is 14.7. The van der Waals surface area contributed by atoms with Crippen molar-refractivity contribution in [2.75, 3.05) is 41.7 Å². The Morgan fingerprint density at radius 1 is 1.06 bits per heavy atom. The number of carbonyl (C=O) groups is 1. The fourth-order valence-corrected chi connectivity index (χ4v) is 4.84. The zero-order valence-electron chi connectivity index (χ0n) is 18.2. The molecule has 1 aromatic carbocycles. The van der Waals surface area contributed by atoms with E-state index in [1.165, 1.54) is 32.3 Å².